The van der Waals surface area contributed by atoms with E-state index in [2.05, 4.69) is 81.5 Å². The minimum Gasteiger partial charge on any atom is -0.331 e. The van der Waals surface area contributed by atoms with E-state index in [-0.39, 0.29) is 18.0 Å². The molecule has 4 heteroatoms. The molecule has 0 N–H and O–H groups in total. The number of ketones is 1. The Morgan fingerprint density at radius 3 is 1.38 bits per heavy atom. The molecule has 1 amide bonds. The average molecular weight is 723 g/mol. The Labute approximate surface area is 324 Å². The second-order valence-corrected chi connectivity index (χ2v) is 16.2. The molecule has 1 rings (SSSR count). The van der Waals surface area contributed by atoms with Crippen molar-refractivity contribution in [2.24, 2.45) is 5.92 Å². The summed E-state index contributed by atoms with van der Waals surface area (Å²) in [4.78, 5) is 29.8. The standard InChI is InChI=1S/C48H86N2O2/c1-6-8-10-12-14-16-18-20-22-24-26-28-30-32-34-36-38-45(40-41-48(52)47-42-46(49(4)5)43-50(47)44(3)51)39-37-35-33-31-29-27-25-23-21-19-17-15-13-11-9-7-2/h14-17,20-23,45-47H,6-13,18-19,24-43H2,1-5H3/b16-14-,17-15-,22-20-,23-21-/t46-,47-/m0/s1. The first kappa shape index (κ1) is 48.1. The molecular weight excluding hydrogens is 637 g/mol. The molecule has 0 radical (unpaired) electrons. The number of unbranched alkanes of at least 4 members (excludes halogenated alkanes) is 18. The van der Waals surface area contributed by atoms with Gasteiger partial charge in [-0.25, -0.2) is 0 Å². The summed E-state index contributed by atoms with van der Waals surface area (Å²) in [6.45, 7) is 6.83. The van der Waals surface area contributed by atoms with E-state index in [4.69, 9.17) is 0 Å². The first-order valence-electron chi connectivity index (χ1n) is 22.5. The lowest BCUT2D eigenvalue weighted by Gasteiger charge is -2.23. The number of carbonyl (C=O) groups is 2. The molecular formula is C48H86N2O2. The lowest BCUT2D eigenvalue weighted by Crippen LogP contribution is -2.39. The molecule has 0 aromatic rings. The number of Topliss-reactive ketones (excluding diaryl/α,β-unsaturated/α-hetero) is 1. The van der Waals surface area contributed by atoms with E-state index in [1.54, 1.807) is 6.92 Å². The predicted octanol–water partition coefficient (Wildman–Crippen LogP) is 13.9. The van der Waals surface area contributed by atoms with E-state index in [0.717, 1.165) is 25.7 Å². The minimum atomic E-state index is -0.228. The van der Waals surface area contributed by atoms with Gasteiger partial charge >= 0.3 is 0 Å². The molecule has 1 heterocycles. The van der Waals surface area contributed by atoms with Crippen LogP contribution in [0.15, 0.2) is 48.6 Å². The lowest BCUT2D eigenvalue weighted by molar-refractivity contribution is -0.136. The van der Waals surface area contributed by atoms with Crippen molar-refractivity contribution < 1.29 is 9.59 Å². The highest BCUT2D eigenvalue weighted by molar-refractivity contribution is 5.89. The highest BCUT2D eigenvalue weighted by Crippen LogP contribution is 2.27. The van der Waals surface area contributed by atoms with Gasteiger partial charge in [0.05, 0.1) is 6.04 Å². The largest absolute Gasteiger partial charge is 0.331 e. The van der Waals surface area contributed by atoms with Gasteiger partial charge in [-0.1, -0.05) is 165 Å². The van der Waals surface area contributed by atoms with Crippen LogP contribution < -0.4 is 0 Å². The molecule has 0 unspecified atom stereocenters. The number of amides is 1. The van der Waals surface area contributed by atoms with Crippen molar-refractivity contribution in [3.63, 3.8) is 0 Å². The van der Waals surface area contributed by atoms with E-state index in [0.29, 0.717) is 24.7 Å². The second kappa shape index (κ2) is 34.8. The molecule has 0 aliphatic carbocycles. The minimum absolute atomic E-state index is 0.0435. The van der Waals surface area contributed by atoms with Crippen molar-refractivity contribution >= 4 is 11.7 Å². The quantitative estimate of drug-likeness (QED) is 0.0483. The Morgan fingerprint density at radius 2 is 0.981 bits per heavy atom. The number of rotatable bonds is 35. The van der Waals surface area contributed by atoms with E-state index in [9.17, 15) is 9.59 Å². The van der Waals surface area contributed by atoms with E-state index >= 15 is 0 Å². The topological polar surface area (TPSA) is 40.6 Å². The number of allylic oxidation sites excluding steroid dienone is 8. The van der Waals surface area contributed by atoms with Crippen LogP contribution in [0.5, 0.6) is 0 Å². The van der Waals surface area contributed by atoms with Gasteiger partial charge in [0.15, 0.2) is 5.78 Å². The van der Waals surface area contributed by atoms with Crippen molar-refractivity contribution in [1.82, 2.24) is 9.80 Å². The third kappa shape index (κ3) is 26.8. The first-order valence-corrected chi connectivity index (χ1v) is 22.5. The molecule has 300 valence electrons. The van der Waals surface area contributed by atoms with Gasteiger partial charge in [-0.05, 0) is 97.1 Å². The highest BCUT2D eigenvalue weighted by Gasteiger charge is 2.38. The number of likely N-dealkylation sites (tertiary alicyclic amines) is 1. The molecule has 1 saturated heterocycles. The third-order valence-corrected chi connectivity index (χ3v) is 11.2. The zero-order valence-electron chi connectivity index (χ0n) is 35.3. The van der Waals surface area contributed by atoms with Crippen LogP contribution in [0.2, 0.25) is 0 Å². The van der Waals surface area contributed by atoms with E-state index in [1.165, 1.54) is 154 Å². The fourth-order valence-corrected chi connectivity index (χ4v) is 7.63. The number of likely N-dealkylation sites (N-methyl/N-ethyl adjacent to an activating group) is 1. The number of hydrogen-bond acceptors (Lipinski definition) is 3. The Morgan fingerprint density at radius 1 is 0.577 bits per heavy atom. The van der Waals surface area contributed by atoms with Crippen LogP contribution in [0.25, 0.3) is 0 Å². The average Bonchev–Trinajstić information content (AvgIpc) is 3.60. The summed E-state index contributed by atoms with van der Waals surface area (Å²) in [7, 11) is 4.12. The molecule has 1 fully saturated rings. The third-order valence-electron chi connectivity index (χ3n) is 11.2. The molecule has 0 aromatic carbocycles. The number of nitrogens with zero attached hydrogens (tertiary/aromatic N) is 2. The monoisotopic (exact) mass is 723 g/mol. The molecule has 0 spiro atoms. The van der Waals surface area contributed by atoms with Crippen molar-refractivity contribution in [1.29, 1.82) is 0 Å². The smallest absolute Gasteiger partial charge is 0.220 e. The molecule has 2 atom stereocenters. The normalized spacial score (nSPS) is 16.8. The summed E-state index contributed by atoms with van der Waals surface area (Å²) in [5.74, 6) is 0.970. The van der Waals surface area contributed by atoms with Crippen LogP contribution in [0.4, 0.5) is 0 Å². The van der Waals surface area contributed by atoms with Crippen LogP contribution in [0.3, 0.4) is 0 Å². The molecule has 4 nitrogen and oxygen atoms in total. The van der Waals surface area contributed by atoms with Crippen molar-refractivity contribution in [3.8, 4) is 0 Å². The maximum atomic E-state index is 13.5. The summed E-state index contributed by atoms with van der Waals surface area (Å²) in [5, 5.41) is 0. The van der Waals surface area contributed by atoms with Crippen molar-refractivity contribution in [2.45, 2.75) is 219 Å². The molecule has 0 aromatic heterocycles. The highest BCUT2D eigenvalue weighted by atomic mass is 16.2. The lowest BCUT2D eigenvalue weighted by atomic mass is 9.88. The number of hydrogen-bond donors (Lipinski definition) is 0. The van der Waals surface area contributed by atoms with Gasteiger partial charge in [-0.3, -0.25) is 9.59 Å². The van der Waals surface area contributed by atoms with Crippen LogP contribution in [0, 0.1) is 5.92 Å². The van der Waals surface area contributed by atoms with Crippen LogP contribution in [0.1, 0.15) is 207 Å². The van der Waals surface area contributed by atoms with Crippen LogP contribution in [-0.2, 0) is 9.59 Å². The molecule has 0 saturated carbocycles. The van der Waals surface area contributed by atoms with Gasteiger partial charge in [0, 0.05) is 25.9 Å². The summed E-state index contributed by atoms with van der Waals surface area (Å²) in [6, 6.07) is 0.0551. The Kier molecular flexibility index (Phi) is 32.2. The molecule has 52 heavy (non-hydrogen) atoms. The van der Waals surface area contributed by atoms with Crippen LogP contribution >= 0.6 is 0 Å². The Bertz CT molecular complexity index is 915. The SMILES string of the molecule is CCCCC/C=C\C/C=C\CCCCCCCCC(CCCCCCCC/C=C\C/C=C\CCCCC)CCC(=O)[C@@H]1C[C@H](N(C)C)CN1C(C)=O. The maximum Gasteiger partial charge on any atom is 0.220 e. The van der Waals surface area contributed by atoms with Gasteiger partial charge in [0.1, 0.15) is 0 Å². The van der Waals surface area contributed by atoms with Crippen molar-refractivity contribution in [3.05, 3.63) is 48.6 Å². The van der Waals surface area contributed by atoms with Gasteiger partial charge in [-0.15, -0.1) is 0 Å². The molecule has 1 aliphatic heterocycles. The zero-order valence-corrected chi connectivity index (χ0v) is 35.3. The molecule has 0 bridgehead atoms. The summed E-state index contributed by atoms with van der Waals surface area (Å²) >= 11 is 0. The van der Waals surface area contributed by atoms with E-state index < -0.39 is 0 Å². The zero-order chi connectivity index (χ0) is 37.9. The summed E-state index contributed by atoms with van der Waals surface area (Å²) in [6.07, 6.45) is 54.5. The van der Waals surface area contributed by atoms with Gasteiger partial charge in [-0.2, -0.15) is 0 Å². The van der Waals surface area contributed by atoms with Crippen LogP contribution in [-0.4, -0.2) is 54.2 Å². The Hall–Kier alpha value is -1.94. The van der Waals surface area contributed by atoms with Gasteiger partial charge < -0.3 is 9.80 Å². The summed E-state index contributed by atoms with van der Waals surface area (Å²) in [5.41, 5.74) is 0. The fraction of sp³-hybridized carbons (Fsp3) is 0.792. The molecule has 1 aliphatic rings. The fourth-order valence-electron chi connectivity index (χ4n) is 7.63. The summed E-state index contributed by atoms with van der Waals surface area (Å²) < 4.78 is 0. The predicted molar refractivity (Wildman–Crippen MR) is 229 cm³/mol. The van der Waals surface area contributed by atoms with Gasteiger partial charge in [0.2, 0.25) is 5.91 Å². The maximum absolute atomic E-state index is 13.5. The second-order valence-electron chi connectivity index (χ2n) is 16.2. The first-order chi connectivity index (χ1) is 25.4. The Balaban J connectivity index is 2.34. The number of carbonyl (C=O) groups excluding carboxylic acids is 2. The van der Waals surface area contributed by atoms with E-state index in [1.807, 2.05) is 4.90 Å². The van der Waals surface area contributed by atoms with Crippen molar-refractivity contribution in [2.75, 3.05) is 20.6 Å². The van der Waals surface area contributed by atoms with Gasteiger partial charge in [0.25, 0.3) is 0 Å².